The largest absolute Gasteiger partial charge is 0.290 e. The van der Waals surface area contributed by atoms with E-state index in [2.05, 4.69) is 40.9 Å². The minimum atomic E-state index is 0.982. The van der Waals surface area contributed by atoms with Gasteiger partial charge in [-0.1, -0.05) is 59.9 Å². The molecule has 114 valence electrons. The Morgan fingerprint density at radius 3 is 2.42 bits per heavy atom. The quantitative estimate of drug-likeness (QED) is 0.442. The first-order chi connectivity index (χ1) is 11.9. The normalized spacial score (nSPS) is 11.3. The number of hydrogen-bond donors (Lipinski definition) is 0. The maximum absolute atomic E-state index is 4.84. The predicted octanol–water partition coefficient (Wildman–Crippen LogP) is 5.28. The topological polar surface area (TPSA) is 30.2 Å². The van der Waals surface area contributed by atoms with Crippen LogP contribution in [0.15, 0.2) is 79.0 Å². The lowest BCUT2D eigenvalue weighted by molar-refractivity contribution is 1.27. The van der Waals surface area contributed by atoms with Crippen molar-refractivity contribution in [3.63, 3.8) is 0 Å². The molecule has 5 rings (SSSR count). The zero-order valence-electron chi connectivity index (χ0n) is 12.8. The van der Waals surface area contributed by atoms with Crippen LogP contribution < -0.4 is 0 Å². The summed E-state index contributed by atoms with van der Waals surface area (Å²) in [4.78, 5) is 11.7. The summed E-state index contributed by atoms with van der Waals surface area (Å²) >= 11 is 1.67. The van der Waals surface area contributed by atoms with Gasteiger partial charge in [0, 0.05) is 11.8 Å². The minimum absolute atomic E-state index is 0.982. The minimum Gasteiger partial charge on any atom is -0.290 e. The molecule has 0 fully saturated rings. The van der Waals surface area contributed by atoms with Crippen molar-refractivity contribution in [2.45, 2.75) is 0 Å². The first-order valence-corrected chi connectivity index (χ1v) is 8.60. The van der Waals surface area contributed by atoms with Crippen molar-refractivity contribution in [1.82, 2.24) is 14.4 Å². The number of thiazole rings is 1. The molecule has 3 aromatic heterocycles. The van der Waals surface area contributed by atoms with Crippen LogP contribution in [0.1, 0.15) is 0 Å². The molecular weight excluding hydrogens is 314 g/mol. The van der Waals surface area contributed by atoms with E-state index in [1.165, 1.54) is 0 Å². The lowest BCUT2D eigenvalue weighted by Crippen LogP contribution is -1.86. The van der Waals surface area contributed by atoms with Crippen LogP contribution >= 0.6 is 11.3 Å². The summed E-state index contributed by atoms with van der Waals surface area (Å²) in [5.74, 6) is 0. The average molecular weight is 327 g/mol. The highest BCUT2D eigenvalue weighted by Gasteiger charge is 2.11. The molecule has 0 amide bonds. The van der Waals surface area contributed by atoms with Crippen molar-refractivity contribution in [3.05, 3.63) is 79.0 Å². The molecule has 2 aromatic carbocycles. The number of fused-ring (bicyclic) bond motifs is 3. The molecule has 4 heteroatoms. The molecule has 5 aromatic rings. The zero-order chi connectivity index (χ0) is 15.9. The van der Waals surface area contributed by atoms with Gasteiger partial charge in [-0.05, 0) is 24.3 Å². The van der Waals surface area contributed by atoms with Gasteiger partial charge in [-0.15, -0.1) is 0 Å². The third-order valence-electron chi connectivity index (χ3n) is 4.08. The number of nitrogens with zero attached hydrogens (tertiary/aromatic N) is 3. The Bertz CT molecular complexity index is 1160. The summed E-state index contributed by atoms with van der Waals surface area (Å²) in [5.41, 5.74) is 5.27. The van der Waals surface area contributed by atoms with E-state index in [1.807, 2.05) is 42.5 Å². The monoisotopic (exact) mass is 327 g/mol. The fourth-order valence-corrected chi connectivity index (χ4v) is 3.89. The Kier molecular flexibility index (Phi) is 2.96. The molecule has 3 nitrogen and oxygen atoms in total. The van der Waals surface area contributed by atoms with E-state index in [-0.39, 0.29) is 0 Å². The number of hydrogen-bond acceptors (Lipinski definition) is 3. The third kappa shape index (κ3) is 2.12. The molecule has 0 N–H and O–H groups in total. The molecule has 0 unspecified atom stereocenters. The number of rotatable bonds is 2. The third-order valence-corrected chi connectivity index (χ3v) is 5.09. The fourth-order valence-electron chi connectivity index (χ4n) is 2.92. The molecule has 0 saturated carbocycles. The van der Waals surface area contributed by atoms with Crippen molar-refractivity contribution >= 4 is 27.3 Å². The van der Waals surface area contributed by atoms with Gasteiger partial charge in [-0.25, -0.2) is 9.97 Å². The highest BCUT2D eigenvalue weighted by Crippen LogP contribution is 2.31. The van der Waals surface area contributed by atoms with Crippen molar-refractivity contribution < 1.29 is 0 Å². The first-order valence-electron chi connectivity index (χ1n) is 7.78. The van der Waals surface area contributed by atoms with Crippen LogP contribution in [0, 0.1) is 0 Å². The van der Waals surface area contributed by atoms with Crippen LogP contribution in [-0.4, -0.2) is 14.4 Å². The van der Waals surface area contributed by atoms with Crippen LogP contribution in [0.2, 0.25) is 0 Å². The van der Waals surface area contributed by atoms with Gasteiger partial charge >= 0.3 is 0 Å². The summed E-state index contributed by atoms with van der Waals surface area (Å²) < 4.78 is 2.15. The van der Waals surface area contributed by atoms with E-state index in [9.17, 15) is 0 Å². The second-order valence-electron chi connectivity index (χ2n) is 5.62. The second kappa shape index (κ2) is 5.28. The summed E-state index contributed by atoms with van der Waals surface area (Å²) in [6.45, 7) is 0. The standard InChI is InChI=1S/C20H13N3S/c1-2-7-14(8-3-1)15-10-6-11-17(21-15)19-13-23-18-12-5-4-9-16(18)22-20(23)24-19/h1-13H. The van der Waals surface area contributed by atoms with Gasteiger partial charge in [-0.2, -0.15) is 0 Å². The lowest BCUT2D eigenvalue weighted by Gasteiger charge is -2.02. The van der Waals surface area contributed by atoms with Gasteiger partial charge in [0.25, 0.3) is 0 Å². The maximum Gasteiger partial charge on any atom is 0.195 e. The Labute approximate surface area is 142 Å². The van der Waals surface area contributed by atoms with E-state index >= 15 is 0 Å². The van der Waals surface area contributed by atoms with Gasteiger partial charge in [-0.3, -0.25) is 4.40 Å². The summed E-state index contributed by atoms with van der Waals surface area (Å²) in [6.07, 6.45) is 2.13. The molecule has 0 saturated heterocycles. The highest BCUT2D eigenvalue weighted by atomic mass is 32.1. The number of pyridine rings is 1. The fraction of sp³-hybridized carbons (Fsp3) is 0. The summed E-state index contributed by atoms with van der Waals surface area (Å²) in [5, 5.41) is 0. The van der Waals surface area contributed by atoms with Crippen LogP contribution in [0.4, 0.5) is 0 Å². The van der Waals surface area contributed by atoms with Crippen molar-refractivity contribution in [3.8, 4) is 21.8 Å². The second-order valence-corrected chi connectivity index (χ2v) is 6.63. The van der Waals surface area contributed by atoms with Crippen LogP contribution in [0.5, 0.6) is 0 Å². The van der Waals surface area contributed by atoms with Gasteiger partial charge in [0.05, 0.1) is 27.3 Å². The molecule has 0 aliphatic heterocycles. The molecule has 24 heavy (non-hydrogen) atoms. The van der Waals surface area contributed by atoms with Crippen molar-refractivity contribution in [2.75, 3.05) is 0 Å². The first kappa shape index (κ1) is 13.5. The summed E-state index contributed by atoms with van der Waals surface area (Å²) in [7, 11) is 0. The van der Waals surface area contributed by atoms with E-state index in [1.54, 1.807) is 11.3 Å². The van der Waals surface area contributed by atoms with E-state index in [0.717, 1.165) is 37.8 Å². The molecule has 0 aliphatic rings. The molecule has 0 bridgehead atoms. The van der Waals surface area contributed by atoms with Gasteiger partial charge in [0.1, 0.15) is 0 Å². The van der Waals surface area contributed by atoms with E-state index < -0.39 is 0 Å². The Morgan fingerprint density at radius 1 is 0.708 bits per heavy atom. The number of imidazole rings is 1. The highest BCUT2D eigenvalue weighted by molar-refractivity contribution is 7.20. The lowest BCUT2D eigenvalue weighted by atomic mass is 10.1. The molecule has 3 heterocycles. The number of para-hydroxylation sites is 2. The SMILES string of the molecule is c1ccc(-c2cccc(-c3cn4c(nc5ccccc54)s3)n2)cc1. The molecular formula is C20H13N3S. The van der Waals surface area contributed by atoms with Crippen LogP contribution in [0.25, 0.3) is 37.8 Å². The number of aromatic nitrogens is 3. The molecule has 0 aliphatic carbocycles. The summed E-state index contributed by atoms with van der Waals surface area (Å²) in [6, 6.07) is 24.6. The van der Waals surface area contributed by atoms with Crippen LogP contribution in [-0.2, 0) is 0 Å². The van der Waals surface area contributed by atoms with Gasteiger partial charge in [0.2, 0.25) is 0 Å². The van der Waals surface area contributed by atoms with E-state index in [4.69, 9.17) is 9.97 Å². The molecule has 0 radical (unpaired) electrons. The van der Waals surface area contributed by atoms with Crippen LogP contribution in [0.3, 0.4) is 0 Å². The molecule has 0 atom stereocenters. The van der Waals surface area contributed by atoms with Crippen molar-refractivity contribution in [1.29, 1.82) is 0 Å². The average Bonchev–Trinajstić information content (AvgIpc) is 3.21. The predicted molar refractivity (Wildman–Crippen MR) is 99.2 cm³/mol. The maximum atomic E-state index is 4.84. The Balaban J connectivity index is 1.65. The van der Waals surface area contributed by atoms with Gasteiger partial charge < -0.3 is 0 Å². The number of benzene rings is 2. The molecule has 0 spiro atoms. The smallest absolute Gasteiger partial charge is 0.195 e. The Hall–Kier alpha value is -2.98. The zero-order valence-corrected chi connectivity index (χ0v) is 13.6. The Morgan fingerprint density at radius 2 is 1.50 bits per heavy atom. The van der Waals surface area contributed by atoms with E-state index in [0.29, 0.717) is 0 Å². The van der Waals surface area contributed by atoms with Crippen molar-refractivity contribution in [2.24, 2.45) is 0 Å². The van der Waals surface area contributed by atoms with Gasteiger partial charge in [0.15, 0.2) is 4.96 Å².